The smallest absolute Gasteiger partial charge is 0.246 e. The van der Waals surface area contributed by atoms with Gasteiger partial charge in [0, 0.05) is 26.6 Å². The van der Waals surface area contributed by atoms with Gasteiger partial charge in [-0.25, -0.2) is 4.39 Å². The van der Waals surface area contributed by atoms with Crippen LogP contribution in [-0.2, 0) is 20.9 Å². The highest BCUT2D eigenvalue weighted by Crippen LogP contribution is 2.15. The fraction of sp³-hybridized carbons (Fsp3) is 0.429. The van der Waals surface area contributed by atoms with Gasteiger partial charge in [0.1, 0.15) is 12.4 Å². The van der Waals surface area contributed by atoms with Gasteiger partial charge in [-0.3, -0.25) is 9.59 Å². The summed E-state index contributed by atoms with van der Waals surface area (Å²) < 4.78 is 17.8. The Kier molecular flexibility index (Phi) is 4.68. The van der Waals surface area contributed by atoms with Crippen LogP contribution in [0, 0.1) is 5.82 Å². The predicted molar refractivity (Wildman–Crippen MR) is 70.2 cm³/mol. The number of methoxy groups -OCH3 is 1. The molecule has 1 aromatic carbocycles. The lowest BCUT2D eigenvalue weighted by Gasteiger charge is -2.17. The summed E-state index contributed by atoms with van der Waals surface area (Å²) in [5.41, 5.74) is 0.738. The summed E-state index contributed by atoms with van der Waals surface area (Å²) >= 11 is 0. The van der Waals surface area contributed by atoms with Crippen LogP contribution in [0.5, 0.6) is 0 Å². The van der Waals surface area contributed by atoms with Gasteiger partial charge in [0.2, 0.25) is 11.8 Å². The molecule has 1 saturated heterocycles. The second-order valence-corrected chi connectivity index (χ2v) is 4.81. The van der Waals surface area contributed by atoms with Gasteiger partial charge in [0.15, 0.2) is 0 Å². The maximum Gasteiger partial charge on any atom is 0.246 e. The fourth-order valence-corrected chi connectivity index (χ4v) is 2.28. The molecule has 2 rings (SSSR count). The Hall–Kier alpha value is -1.95. The second-order valence-electron chi connectivity index (χ2n) is 4.81. The van der Waals surface area contributed by atoms with Crippen molar-refractivity contribution in [1.82, 2.24) is 10.2 Å². The zero-order valence-electron chi connectivity index (χ0n) is 11.3. The Morgan fingerprint density at radius 1 is 1.55 bits per heavy atom. The number of likely N-dealkylation sites (tertiary alicyclic amines) is 1. The van der Waals surface area contributed by atoms with Crippen LogP contribution in [0.25, 0.3) is 0 Å². The van der Waals surface area contributed by atoms with Crippen molar-refractivity contribution in [2.24, 2.45) is 0 Å². The predicted octanol–water partition coefficient (Wildman–Crippen LogP) is 0.689. The van der Waals surface area contributed by atoms with Crippen molar-refractivity contribution in [3.8, 4) is 0 Å². The summed E-state index contributed by atoms with van der Waals surface area (Å²) in [5.74, 6) is -0.603. The molecule has 0 bridgehead atoms. The third-order valence-electron chi connectivity index (χ3n) is 3.12. The highest BCUT2D eigenvalue weighted by atomic mass is 19.1. The number of ether oxygens (including phenoxy) is 1. The number of hydrogen-bond acceptors (Lipinski definition) is 3. The average molecular weight is 280 g/mol. The Balaban J connectivity index is 1.91. The van der Waals surface area contributed by atoms with Crippen molar-refractivity contribution in [3.63, 3.8) is 0 Å². The van der Waals surface area contributed by atoms with E-state index in [0.29, 0.717) is 13.1 Å². The SMILES string of the molecule is COCC(=O)NC1CC(=O)N(Cc2cccc(F)c2)C1. The molecule has 6 heteroatoms. The molecule has 20 heavy (non-hydrogen) atoms. The summed E-state index contributed by atoms with van der Waals surface area (Å²) in [6.45, 7) is 0.770. The lowest BCUT2D eigenvalue weighted by Crippen LogP contribution is -2.38. The number of carbonyl (C=O) groups is 2. The minimum Gasteiger partial charge on any atom is -0.375 e. The van der Waals surface area contributed by atoms with Gasteiger partial charge in [-0.2, -0.15) is 0 Å². The molecule has 0 saturated carbocycles. The van der Waals surface area contributed by atoms with Gasteiger partial charge in [-0.05, 0) is 17.7 Å². The Morgan fingerprint density at radius 3 is 3.05 bits per heavy atom. The van der Waals surface area contributed by atoms with Crippen molar-refractivity contribution in [3.05, 3.63) is 35.6 Å². The zero-order chi connectivity index (χ0) is 14.5. The molecule has 1 atom stereocenters. The Morgan fingerprint density at radius 2 is 2.35 bits per heavy atom. The van der Waals surface area contributed by atoms with Gasteiger partial charge in [0.25, 0.3) is 0 Å². The molecular weight excluding hydrogens is 263 g/mol. The number of carbonyl (C=O) groups excluding carboxylic acids is 2. The molecule has 1 aliphatic heterocycles. The van der Waals surface area contributed by atoms with E-state index in [1.165, 1.54) is 19.2 Å². The topological polar surface area (TPSA) is 58.6 Å². The molecule has 1 aromatic rings. The standard InChI is InChI=1S/C14H17FN2O3/c1-20-9-13(18)16-12-6-14(19)17(8-12)7-10-3-2-4-11(15)5-10/h2-5,12H,6-9H2,1H3,(H,16,18). The monoisotopic (exact) mass is 280 g/mol. The first-order chi connectivity index (χ1) is 9.58. The van der Waals surface area contributed by atoms with Crippen LogP contribution in [0.3, 0.4) is 0 Å². The van der Waals surface area contributed by atoms with E-state index < -0.39 is 0 Å². The number of amides is 2. The number of hydrogen-bond donors (Lipinski definition) is 1. The van der Waals surface area contributed by atoms with Gasteiger partial charge < -0.3 is 15.0 Å². The summed E-state index contributed by atoms with van der Waals surface area (Å²) in [4.78, 5) is 24.9. The minimum atomic E-state index is -0.320. The molecule has 0 aromatic heterocycles. The molecule has 1 heterocycles. The van der Waals surface area contributed by atoms with Crippen LogP contribution >= 0.6 is 0 Å². The van der Waals surface area contributed by atoms with Crippen molar-refractivity contribution in [2.75, 3.05) is 20.3 Å². The highest BCUT2D eigenvalue weighted by molar-refractivity contribution is 5.82. The van der Waals surface area contributed by atoms with Crippen LogP contribution in [-0.4, -0.2) is 43.0 Å². The number of halogens is 1. The molecule has 108 valence electrons. The molecule has 1 fully saturated rings. The summed E-state index contributed by atoms with van der Waals surface area (Å²) in [6.07, 6.45) is 0.269. The van der Waals surface area contributed by atoms with Gasteiger partial charge >= 0.3 is 0 Å². The summed E-state index contributed by atoms with van der Waals surface area (Å²) in [7, 11) is 1.44. The van der Waals surface area contributed by atoms with E-state index in [2.05, 4.69) is 5.32 Å². The minimum absolute atomic E-state index is 0.0193. The van der Waals surface area contributed by atoms with Crippen molar-refractivity contribution < 1.29 is 18.7 Å². The van der Waals surface area contributed by atoms with Crippen LogP contribution in [0.4, 0.5) is 4.39 Å². The van der Waals surface area contributed by atoms with E-state index in [-0.39, 0.29) is 36.7 Å². The van der Waals surface area contributed by atoms with Crippen molar-refractivity contribution in [2.45, 2.75) is 19.0 Å². The van der Waals surface area contributed by atoms with Crippen LogP contribution in [0.2, 0.25) is 0 Å². The van der Waals surface area contributed by atoms with E-state index in [4.69, 9.17) is 4.74 Å². The molecule has 1 aliphatic rings. The van der Waals surface area contributed by atoms with E-state index in [0.717, 1.165) is 5.56 Å². The number of nitrogens with one attached hydrogen (secondary N) is 1. The Labute approximate surface area is 116 Å². The van der Waals surface area contributed by atoms with E-state index in [9.17, 15) is 14.0 Å². The zero-order valence-corrected chi connectivity index (χ0v) is 11.3. The largest absolute Gasteiger partial charge is 0.375 e. The molecule has 5 nitrogen and oxygen atoms in total. The maximum absolute atomic E-state index is 13.1. The summed E-state index contributed by atoms with van der Waals surface area (Å²) in [6, 6.07) is 5.95. The average Bonchev–Trinajstić information content (AvgIpc) is 2.69. The fourth-order valence-electron chi connectivity index (χ4n) is 2.28. The van der Waals surface area contributed by atoms with Crippen LogP contribution in [0.15, 0.2) is 24.3 Å². The molecule has 0 radical (unpaired) electrons. The van der Waals surface area contributed by atoms with Crippen LogP contribution < -0.4 is 5.32 Å². The number of nitrogens with zero attached hydrogens (tertiary/aromatic N) is 1. The number of rotatable bonds is 5. The molecule has 0 spiro atoms. The van der Waals surface area contributed by atoms with E-state index in [1.54, 1.807) is 17.0 Å². The maximum atomic E-state index is 13.1. The van der Waals surface area contributed by atoms with Crippen molar-refractivity contribution in [1.29, 1.82) is 0 Å². The molecule has 1 unspecified atom stereocenters. The van der Waals surface area contributed by atoms with Crippen LogP contribution in [0.1, 0.15) is 12.0 Å². The lowest BCUT2D eigenvalue weighted by atomic mass is 10.2. The lowest BCUT2D eigenvalue weighted by molar-refractivity contribution is -0.128. The van der Waals surface area contributed by atoms with Gasteiger partial charge in [0.05, 0.1) is 6.04 Å². The molecular formula is C14H17FN2O3. The third-order valence-corrected chi connectivity index (χ3v) is 3.12. The quantitative estimate of drug-likeness (QED) is 0.863. The third kappa shape index (κ3) is 3.77. The van der Waals surface area contributed by atoms with Crippen molar-refractivity contribution >= 4 is 11.8 Å². The van der Waals surface area contributed by atoms with Gasteiger partial charge in [-0.1, -0.05) is 12.1 Å². The van der Waals surface area contributed by atoms with E-state index in [1.807, 2.05) is 0 Å². The molecule has 1 N–H and O–H groups in total. The number of benzene rings is 1. The Bertz CT molecular complexity index is 507. The second kappa shape index (κ2) is 6.47. The van der Waals surface area contributed by atoms with Gasteiger partial charge in [-0.15, -0.1) is 0 Å². The summed E-state index contributed by atoms with van der Waals surface area (Å²) in [5, 5.41) is 2.74. The normalized spacial score (nSPS) is 18.4. The van der Waals surface area contributed by atoms with E-state index >= 15 is 0 Å². The highest BCUT2D eigenvalue weighted by Gasteiger charge is 2.30. The first kappa shape index (κ1) is 14.5. The molecule has 0 aliphatic carbocycles. The first-order valence-corrected chi connectivity index (χ1v) is 6.39. The first-order valence-electron chi connectivity index (χ1n) is 6.39. The molecule has 2 amide bonds.